The van der Waals surface area contributed by atoms with E-state index >= 15 is 0 Å². The Kier molecular flexibility index (Phi) is 6.40. The van der Waals surface area contributed by atoms with Crippen LogP contribution in [0.25, 0.3) is 0 Å². The van der Waals surface area contributed by atoms with Gasteiger partial charge in [-0.15, -0.1) is 0 Å². The summed E-state index contributed by atoms with van der Waals surface area (Å²) in [5.74, 6) is -1.57. The molecule has 0 saturated carbocycles. The number of carboxylic acid groups (broad SMARTS) is 1. The van der Waals surface area contributed by atoms with Gasteiger partial charge in [0.2, 0.25) is 11.8 Å². The number of likely N-dealkylation sites (N-methyl/N-ethyl adjacent to an activating group) is 1. The Morgan fingerprint density at radius 1 is 1.20 bits per heavy atom. The van der Waals surface area contributed by atoms with Gasteiger partial charge in [0.25, 0.3) is 0 Å². The SMILES string of the molecule is CN1CCN(C(=O)CCC(=O)NCC(N)C(=O)O)CC1. The lowest BCUT2D eigenvalue weighted by atomic mass is 10.2. The van der Waals surface area contributed by atoms with Crippen LogP contribution in [0.3, 0.4) is 0 Å². The van der Waals surface area contributed by atoms with Crippen molar-refractivity contribution in [2.75, 3.05) is 39.8 Å². The quantitative estimate of drug-likeness (QED) is 0.523. The van der Waals surface area contributed by atoms with E-state index in [2.05, 4.69) is 10.2 Å². The Hall–Kier alpha value is -1.67. The van der Waals surface area contributed by atoms with Gasteiger partial charge in [0, 0.05) is 45.6 Å². The van der Waals surface area contributed by atoms with Crippen LogP contribution in [0.2, 0.25) is 0 Å². The minimum absolute atomic E-state index is 0.0456. The number of hydrogen-bond acceptors (Lipinski definition) is 5. The highest BCUT2D eigenvalue weighted by atomic mass is 16.4. The molecule has 1 unspecified atom stereocenters. The molecule has 0 bridgehead atoms. The normalized spacial score (nSPS) is 17.6. The van der Waals surface area contributed by atoms with Gasteiger partial charge in [-0.1, -0.05) is 0 Å². The van der Waals surface area contributed by atoms with Gasteiger partial charge in [0.1, 0.15) is 6.04 Å². The third-order valence-electron chi connectivity index (χ3n) is 3.26. The molecule has 0 aliphatic carbocycles. The number of amides is 2. The number of carboxylic acids is 1. The maximum atomic E-state index is 11.9. The van der Waals surface area contributed by atoms with Crippen molar-refractivity contribution in [3.63, 3.8) is 0 Å². The summed E-state index contributed by atoms with van der Waals surface area (Å²) in [5, 5.41) is 11.0. The number of carbonyl (C=O) groups is 3. The van der Waals surface area contributed by atoms with Crippen molar-refractivity contribution in [2.24, 2.45) is 5.73 Å². The predicted octanol–water partition coefficient (Wildman–Crippen LogP) is -1.93. The zero-order valence-corrected chi connectivity index (χ0v) is 11.7. The fraction of sp³-hybridized carbons (Fsp3) is 0.750. The number of piperazine rings is 1. The molecule has 1 heterocycles. The number of carbonyl (C=O) groups excluding carboxylic acids is 2. The highest BCUT2D eigenvalue weighted by molar-refractivity contribution is 5.84. The van der Waals surface area contributed by atoms with Crippen LogP contribution in [-0.2, 0) is 14.4 Å². The van der Waals surface area contributed by atoms with Crippen LogP contribution in [0.1, 0.15) is 12.8 Å². The molecule has 0 aromatic carbocycles. The highest BCUT2D eigenvalue weighted by Crippen LogP contribution is 2.03. The van der Waals surface area contributed by atoms with Crippen molar-refractivity contribution in [2.45, 2.75) is 18.9 Å². The van der Waals surface area contributed by atoms with E-state index in [1.165, 1.54) is 0 Å². The van der Waals surface area contributed by atoms with E-state index in [0.29, 0.717) is 13.1 Å². The number of nitrogens with zero attached hydrogens (tertiary/aromatic N) is 2. The van der Waals surface area contributed by atoms with Crippen LogP contribution in [0, 0.1) is 0 Å². The van der Waals surface area contributed by atoms with E-state index in [1.54, 1.807) is 4.90 Å². The molecule has 4 N–H and O–H groups in total. The Labute approximate surface area is 117 Å². The minimum Gasteiger partial charge on any atom is -0.480 e. The van der Waals surface area contributed by atoms with Gasteiger partial charge in [0.15, 0.2) is 0 Å². The molecule has 8 heteroatoms. The summed E-state index contributed by atoms with van der Waals surface area (Å²) >= 11 is 0. The van der Waals surface area contributed by atoms with Crippen LogP contribution in [-0.4, -0.2) is 78.5 Å². The first-order valence-corrected chi connectivity index (χ1v) is 6.61. The molecule has 0 aromatic rings. The van der Waals surface area contributed by atoms with E-state index in [-0.39, 0.29) is 31.2 Å². The number of nitrogens with one attached hydrogen (secondary N) is 1. The van der Waals surface area contributed by atoms with Crippen molar-refractivity contribution >= 4 is 17.8 Å². The predicted molar refractivity (Wildman–Crippen MR) is 71.9 cm³/mol. The second kappa shape index (κ2) is 7.81. The maximum Gasteiger partial charge on any atom is 0.322 e. The minimum atomic E-state index is -1.17. The molecular formula is C12H22N4O4. The first-order valence-electron chi connectivity index (χ1n) is 6.61. The molecule has 1 atom stereocenters. The molecular weight excluding hydrogens is 264 g/mol. The third-order valence-corrected chi connectivity index (χ3v) is 3.26. The lowest BCUT2D eigenvalue weighted by Crippen LogP contribution is -2.47. The summed E-state index contributed by atoms with van der Waals surface area (Å²) in [6.45, 7) is 2.91. The summed E-state index contributed by atoms with van der Waals surface area (Å²) in [6, 6.07) is -1.12. The van der Waals surface area contributed by atoms with Gasteiger partial charge in [-0.25, -0.2) is 0 Å². The summed E-state index contributed by atoms with van der Waals surface area (Å²) in [6.07, 6.45) is 0.190. The van der Waals surface area contributed by atoms with Crippen molar-refractivity contribution in [3.05, 3.63) is 0 Å². The number of rotatable bonds is 6. The lowest BCUT2D eigenvalue weighted by molar-refractivity contribution is -0.139. The third kappa shape index (κ3) is 5.54. The zero-order valence-electron chi connectivity index (χ0n) is 11.7. The smallest absolute Gasteiger partial charge is 0.322 e. The number of hydrogen-bond donors (Lipinski definition) is 3. The van der Waals surface area contributed by atoms with E-state index in [4.69, 9.17) is 10.8 Å². The van der Waals surface area contributed by atoms with E-state index in [1.807, 2.05) is 7.05 Å². The zero-order chi connectivity index (χ0) is 15.1. The number of aliphatic carboxylic acids is 1. The monoisotopic (exact) mass is 286 g/mol. The van der Waals surface area contributed by atoms with Crippen LogP contribution < -0.4 is 11.1 Å². The van der Waals surface area contributed by atoms with Crippen LogP contribution in [0.5, 0.6) is 0 Å². The fourth-order valence-electron chi connectivity index (χ4n) is 1.83. The summed E-state index contributed by atoms with van der Waals surface area (Å²) in [5.41, 5.74) is 5.26. The standard InChI is InChI=1S/C12H22N4O4/c1-15-4-6-16(7-5-15)11(18)3-2-10(17)14-8-9(13)12(19)20/h9H,2-8,13H2,1H3,(H,14,17)(H,19,20). The topological polar surface area (TPSA) is 116 Å². The Balaban J connectivity index is 2.20. The van der Waals surface area contributed by atoms with Crippen LogP contribution in [0.15, 0.2) is 0 Å². The molecule has 1 rings (SSSR count). The molecule has 0 aromatic heterocycles. The summed E-state index contributed by atoms with van der Waals surface area (Å²) in [7, 11) is 2.00. The van der Waals surface area contributed by atoms with E-state index in [0.717, 1.165) is 13.1 Å². The van der Waals surface area contributed by atoms with Gasteiger partial charge < -0.3 is 26.0 Å². The second-order valence-corrected chi connectivity index (χ2v) is 4.93. The molecule has 20 heavy (non-hydrogen) atoms. The van der Waals surface area contributed by atoms with Crippen LogP contribution >= 0.6 is 0 Å². The van der Waals surface area contributed by atoms with Crippen molar-refractivity contribution in [1.29, 1.82) is 0 Å². The van der Waals surface area contributed by atoms with Gasteiger partial charge in [-0.3, -0.25) is 14.4 Å². The highest BCUT2D eigenvalue weighted by Gasteiger charge is 2.19. The Morgan fingerprint density at radius 2 is 1.80 bits per heavy atom. The van der Waals surface area contributed by atoms with Gasteiger partial charge in [0.05, 0.1) is 0 Å². The summed E-state index contributed by atoms with van der Waals surface area (Å²) < 4.78 is 0. The first-order chi connectivity index (χ1) is 9.40. The Bertz CT molecular complexity index is 366. The van der Waals surface area contributed by atoms with Gasteiger partial charge in [-0.05, 0) is 7.05 Å². The van der Waals surface area contributed by atoms with Crippen LogP contribution in [0.4, 0.5) is 0 Å². The largest absolute Gasteiger partial charge is 0.480 e. The van der Waals surface area contributed by atoms with Gasteiger partial charge in [-0.2, -0.15) is 0 Å². The molecule has 114 valence electrons. The van der Waals surface area contributed by atoms with Gasteiger partial charge >= 0.3 is 5.97 Å². The summed E-state index contributed by atoms with van der Waals surface area (Å²) in [4.78, 5) is 37.7. The first kappa shape index (κ1) is 16.4. The second-order valence-electron chi connectivity index (χ2n) is 4.93. The average Bonchev–Trinajstić information content (AvgIpc) is 2.42. The maximum absolute atomic E-state index is 11.9. The van der Waals surface area contributed by atoms with E-state index in [9.17, 15) is 14.4 Å². The van der Waals surface area contributed by atoms with Crippen molar-refractivity contribution < 1.29 is 19.5 Å². The lowest BCUT2D eigenvalue weighted by Gasteiger charge is -2.32. The molecule has 1 aliphatic heterocycles. The fourth-order valence-corrected chi connectivity index (χ4v) is 1.83. The van der Waals surface area contributed by atoms with Crippen molar-refractivity contribution in [1.82, 2.24) is 15.1 Å². The molecule has 2 amide bonds. The Morgan fingerprint density at radius 3 is 2.35 bits per heavy atom. The van der Waals surface area contributed by atoms with E-state index < -0.39 is 12.0 Å². The molecule has 8 nitrogen and oxygen atoms in total. The molecule has 1 saturated heterocycles. The number of nitrogens with two attached hydrogens (primary N) is 1. The molecule has 0 spiro atoms. The van der Waals surface area contributed by atoms with Crippen molar-refractivity contribution in [3.8, 4) is 0 Å². The molecule has 1 aliphatic rings. The average molecular weight is 286 g/mol. The molecule has 1 fully saturated rings. The molecule has 0 radical (unpaired) electrons.